The van der Waals surface area contributed by atoms with Crippen molar-refractivity contribution in [3.63, 3.8) is 0 Å². The Morgan fingerprint density at radius 1 is 1.42 bits per heavy atom. The summed E-state index contributed by atoms with van der Waals surface area (Å²) in [6.45, 7) is 4.51. The monoisotopic (exact) mass is 297 g/mol. The van der Waals surface area contributed by atoms with E-state index >= 15 is 0 Å². The predicted molar refractivity (Wildman–Crippen MR) is 86.3 cm³/mol. The summed E-state index contributed by atoms with van der Waals surface area (Å²) in [5.74, 6) is 0. The number of hydrogen-bond acceptors (Lipinski definition) is 3. The van der Waals surface area contributed by atoms with Gasteiger partial charge in [0.15, 0.2) is 0 Å². The maximum Gasteiger partial charge on any atom is 0.104 e. The first kappa shape index (κ1) is 14.6. The number of thiocarbonyl (C=S) groups is 1. The van der Waals surface area contributed by atoms with E-state index in [0.717, 1.165) is 24.3 Å². The van der Waals surface area contributed by atoms with Crippen molar-refractivity contribution in [1.29, 1.82) is 0 Å². The lowest BCUT2D eigenvalue weighted by molar-refractivity contribution is 0.346. The van der Waals surface area contributed by atoms with Crippen LogP contribution >= 0.6 is 23.8 Å². The summed E-state index contributed by atoms with van der Waals surface area (Å²) >= 11 is 11.2. The molecule has 5 heteroatoms. The zero-order valence-electron chi connectivity index (χ0n) is 11.2. The number of benzene rings is 1. The Bertz CT molecular complexity index is 458. The minimum Gasteiger partial charge on any atom is -0.389 e. The minimum absolute atomic E-state index is 0.383. The molecule has 0 bridgehead atoms. The molecule has 0 aromatic heterocycles. The zero-order chi connectivity index (χ0) is 13.8. The maximum atomic E-state index is 6.29. The molecule has 19 heavy (non-hydrogen) atoms. The van der Waals surface area contributed by atoms with Crippen molar-refractivity contribution in [3.05, 3.63) is 28.8 Å². The van der Waals surface area contributed by atoms with E-state index < -0.39 is 0 Å². The lowest BCUT2D eigenvalue weighted by atomic mass is 10.2. The third kappa shape index (κ3) is 3.81. The first-order valence-corrected chi connectivity index (χ1v) is 7.39. The maximum absolute atomic E-state index is 6.29. The van der Waals surface area contributed by atoms with Gasteiger partial charge >= 0.3 is 0 Å². The molecule has 1 aliphatic rings. The molecule has 1 aromatic rings. The molecule has 0 atom stereocenters. The number of likely N-dealkylation sites (tertiary alicyclic amines) is 1. The van der Waals surface area contributed by atoms with E-state index in [9.17, 15) is 0 Å². The zero-order valence-corrected chi connectivity index (χ0v) is 12.8. The van der Waals surface area contributed by atoms with Crippen LogP contribution in [-0.2, 0) is 0 Å². The lowest BCUT2D eigenvalue weighted by Crippen LogP contribution is -2.31. The summed E-state index contributed by atoms with van der Waals surface area (Å²) in [4.78, 5) is 5.06. The second kappa shape index (κ2) is 6.55. The Morgan fingerprint density at radius 2 is 2.11 bits per heavy atom. The summed E-state index contributed by atoms with van der Waals surface area (Å²) in [6, 6.07) is 5.75. The molecular formula is C14H20ClN3S. The highest BCUT2D eigenvalue weighted by atomic mass is 35.5. The van der Waals surface area contributed by atoms with Gasteiger partial charge in [-0.05, 0) is 44.1 Å². The average Bonchev–Trinajstić information content (AvgIpc) is 2.88. The van der Waals surface area contributed by atoms with E-state index in [1.54, 1.807) is 0 Å². The Morgan fingerprint density at radius 3 is 2.68 bits per heavy atom. The third-order valence-electron chi connectivity index (χ3n) is 3.59. The Labute approximate surface area is 125 Å². The van der Waals surface area contributed by atoms with Crippen LogP contribution in [0.1, 0.15) is 18.4 Å². The van der Waals surface area contributed by atoms with Crippen molar-refractivity contribution in [3.8, 4) is 0 Å². The van der Waals surface area contributed by atoms with Gasteiger partial charge in [-0.2, -0.15) is 0 Å². The molecule has 2 N–H and O–H groups in total. The SMILES string of the molecule is CN(CCN1CCCC1)c1ccc(C(N)=S)cc1Cl. The highest BCUT2D eigenvalue weighted by molar-refractivity contribution is 7.80. The first-order valence-electron chi connectivity index (χ1n) is 6.61. The summed E-state index contributed by atoms with van der Waals surface area (Å²) in [6.07, 6.45) is 2.65. The van der Waals surface area contributed by atoms with Gasteiger partial charge in [0.25, 0.3) is 0 Å². The fourth-order valence-corrected chi connectivity index (χ4v) is 2.84. The molecule has 1 saturated heterocycles. The topological polar surface area (TPSA) is 32.5 Å². The molecule has 1 aromatic carbocycles. The molecule has 0 saturated carbocycles. The van der Waals surface area contributed by atoms with E-state index in [4.69, 9.17) is 29.6 Å². The van der Waals surface area contributed by atoms with Crippen LogP contribution in [0.25, 0.3) is 0 Å². The molecule has 3 nitrogen and oxygen atoms in total. The van der Waals surface area contributed by atoms with Crippen LogP contribution in [0.5, 0.6) is 0 Å². The van der Waals surface area contributed by atoms with Crippen molar-refractivity contribution < 1.29 is 0 Å². The molecule has 1 heterocycles. The smallest absolute Gasteiger partial charge is 0.104 e. The molecule has 104 valence electrons. The van der Waals surface area contributed by atoms with Gasteiger partial charge in [-0.3, -0.25) is 0 Å². The highest BCUT2D eigenvalue weighted by Crippen LogP contribution is 2.26. The van der Waals surface area contributed by atoms with Crippen molar-refractivity contribution in [2.45, 2.75) is 12.8 Å². The largest absolute Gasteiger partial charge is 0.389 e. The third-order valence-corrected chi connectivity index (χ3v) is 4.13. The molecule has 0 aliphatic carbocycles. The summed E-state index contributed by atoms with van der Waals surface area (Å²) in [7, 11) is 2.07. The first-order chi connectivity index (χ1) is 9.08. The van der Waals surface area contributed by atoms with Crippen LogP contribution < -0.4 is 10.6 Å². The molecule has 0 radical (unpaired) electrons. The van der Waals surface area contributed by atoms with Crippen LogP contribution in [0.15, 0.2) is 18.2 Å². The van der Waals surface area contributed by atoms with Gasteiger partial charge in [0.05, 0.1) is 10.7 Å². The number of anilines is 1. The Kier molecular flexibility index (Phi) is 5.02. The van der Waals surface area contributed by atoms with Crippen LogP contribution in [-0.4, -0.2) is 43.1 Å². The van der Waals surface area contributed by atoms with Crippen LogP contribution in [0.2, 0.25) is 5.02 Å². The minimum atomic E-state index is 0.383. The van der Waals surface area contributed by atoms with Gasteiger partial charge in [-0.15, -0.1) is 0 Å². The summed E-state index contributed by atoms with van der Waals surface area (Å²) in [5.41, 5.74) is 7.45. The quantitative estimate of drug-likeness (QED) is 0.847. The lowest BCUT2D eigenvalue weighted by Gasteiger charge is -2.24. The molecule has 0 unspecified atom stereocenters. The van der Waals surface area contributed by atoms with Gasteiger partial charge in [-0.1, -0.05) is 23.8 Å². The number of nitrogens with two attached hydrogens (primary N) is 1. The van der Waals surface area contributed by atoms with E-state index in [-0.39, 0.29) is 0 Å². The predicted octanol–water partition coefficient (Wildman–Crippen LogP) is 2.51. The Balaban J connectivity index is 1.98. The van der Waals surface area contributed by atoms with Gasteiger partial charge < -0.3 is 15.5 Å². The average molecular weight is 298 g/mol. The molecule has 1 fully saturated rings. The number of hydrogen-bond donors (Lipinski definition) is 1. The molecule has 0 amide bonds. The second-order valence-electron chi connectivity index (χ2n) is 5.00. The summed E-state index contributed by atoms with van der Waals surface area (Å²) in [5, 5.41) is 0.703. The van der Waals surface area contributed by atoms with Gasteiger partial charge in [0.2, 0.25) is 0 Å². The standard InChI is InChI=1S/C14H20ClN3S/c1-17(8-9-18-6-2-3-7-18)13-5-4-11(14(16)19)10-12(13)15/h4-5,10H,2-3,6-9H2,1H3,(H2,16,19). The van der Waals surface area contributed by atoms with E-state index in [1.807, 2.05) is 18.2 Å². The van der Waals surface area contributed by atoms with Crippen molar-refractivity contribution in [2.24, 2.45) is 5.73 Å². The second-order valence-corrected chi connectivity index (χ2v) is 5.85. The van der Waals surface area contributed by atoms with Gasteiger partial charge in [0.1, 0.15) is 4.99 Å². The van der Waals surface area contributed by atoms with Crippen molar-refractivity contribution >= 4 is 34.5 Å². The number of nitrogens with zero attached hydrogens (tertiary/aromatic N) is 2. The molecule has 0 spiro atoms. The number of likely N-dealkylation sites (N-methyl/N-ethyl adjacent to an activating group) is 1. The van der Waals surface area contributed by atoms with E-state index in [0.29, 0.717) is 10.0 Å². The van der Waals surface area contributed by atoms with Crippen molar-refractivity contribution in [1.82, 2.24) is 4.90 Å². The normalized spacial score (nSPS) is 15.7. The fourth-order valence-electron chi connectivity index (χ4n) is 2.39. The van der Waals surface area contributed by atoms with Crippen molar-refractivity contribution in [2.75, 3.05) is 38.1 Å². The van der Waals surface area contributed by atoms with E-state index in [2.05, 4.69) is 16.8 Å². The number of halogens is 1. The molecular weight excluding hydrogens is 278 g/mol. The summed E-state index contributed by atoms with van der Waals surface area (Å²) < 4.78 is 0. The fraction of sp³-hybridized carbons (Fsp3) is 0.500. The number of rotatable bonds is 5. The van der Waals surface area contributed by atoms with Gasteiger partial charge in [-0.25, -0.2) is 0 Å². The molecule has 1 aliphatic heterocycles. The van der Waals surface area contributed by atoms with E-state index in [1.165, 1.54) is 25.9 Å². The molecule has 2 rings (SSSR count). The van der Waals surface area contributed by atoms with Gasteiger partial charge in [0, 0.05) is 25.7 Å². The van der Waals surface area contributed by atoms with Crippen LogP contribution in [0, 0.1) is 0 Å². The van der Waals surface area contributed by atoms with Crippen LogP contribution in [0.4, 0.5) is 5.69 Å². The highest BCUT2D eigenvalue weighted by Gasteiger charge is 2.13. The van der Waals surface area contributed by atoms with Crippen LogP contribution in [0.3, 0.4) is 0 Å². The Hall–Kier alpha value is -0.840.